The van der Waals surface area contributed by atoms with Crippen LogP contribution in [-0.4, -0.2) is 38.8 Å². The summed E-state index contributed by atoms with van der Waals surface area (Å²) in [5.41, 5.74) is 1.45. The minimum atomic E-state index is -3.79. The first-order valence-electron chi connectivity index (χ1n) is 11.2. The van der Waals surface area contributed by atoms with Crippen molar-refractivity contribution in [2.24, 2.45) is 5.92 Å². The molecule has 1 atom stereocenters. The Morgan fingerprint density at radius 1 is 1.00 bits per heavy atom. The molecule has 1 aliphatic rings. The minimum absolute atomic E-state index is 0.125. The summed E-state index contributed by atoms with van der Waals surface area (Å²) in [5.74, 6) is 1.04. The Balaban J connectivity index is 1.42. The Hall–Kier alpha value is -3.36. The standard InChI is InChI=1S/C26H28N2O5S/c1-19-10-15-24(32-2)25(17-19)34(30,31)28-16-6-7-20(18-28)26(29)27-21-11-13-23(14-12-21)33-22-8-4-3-5-9-22/h3-5,8-15,17,20H,6-7,16,18H2,1-2H3,(H,27,29)/t20-/m0/s1. The van der Waals surface area contributed by atoms with Crippen molar-refractivity contribution in [3.05, 3.63) is 78.4 Å². The second kappa shape index (κ2) is 10.3. The summed E-state index contributed by atoms with van der Waals surface area (Å²) >= 11 is 0. The van der Waals surface area contributed by atoms with Crippen LogP contribution in [0.3, 0.4) is 0 Å². The van der Waals surface area contributed by atoms with E-state index in [0.717, 1.165) is 11.3 Å². The Morgan fingerprint density at radius 3 is 2.41 bits per heavy atom. The Morgan fingerprint density at radius 2 is 1.71 bits per heavy atom. The third-order valence-corrected chi connectivity index (χ3v) is 7.68. The van der Waals surface area contributed by atoms with Crippen molar-refractivity contribution in [2.45, 2.75) is 24.7 Å². The zero-order valence-electron chi connectivity index (χ0n) is 19.2. The molecule has 0 radical (unpaired) electrons. The van der Waals surface area contributed by atoms with Crippen LogP contribution in [0.25, 0.3) is 0 Å². The zero-order chi connectivity index (χ0) is 24.1. The highest BCUT2D eigenvalue weighted by atomic mass is 32.2. The summed E-state index contributed by atoms with van der Waals surface area (Å²) in [6.07, 6.45) is 1.23. The van der Waals surface area contributed by atoms with Crippen LogP contribution in [0.15, 0.2) is 77.7 Å². The van der Waals surface area contributed by atoms with Crippen LogP contribution in [0.2, 0.25) is 0 Å². The minimum Gasteiger partial charge on any atom is -0.495 e. The fourth-order valence-corrected chi connectivity index (χ4v) is 5.74. The van der Waals surface area contributed by atoms with E-state index in [0.29, 0.717) is 36.6 Å². The van der Waals surface area contributed by atoms with Crippen molar-refractivity contribution in [3.8, 4) is 17.2 Å². The molecule has 3 aromatic rings. The fourth-order valence-electron chi connectivity index (χ4n) is 3.97. The summed E-state index contributed by atoms with van der Waals surface area (Å²) in [6, 6.07) is 21.6. The van der Waals surface area contributed by atoms with Crippen LogP contribution in [-0.2, 0) is 14.8 Å². The largest absolute Gasteiger partial charge is 0.495 e. The van der Waals surface area contributed by atoms with Gasteiger partial charge < -0.3 is 14.8 Å². The molecule has 0 spiro atoms. The van der Waals surface area contributed by atoms with E-state index in [4.69, 9.17) is 9.47 Å². The number of rotatable bonds is 7. The maximum absolute atomic E-state index is 13.3. The van der Waals surface area contributed by atoms with Gasteiger partial charge in [0.1, 0.15) is 22.1 Å². The van der Waals surface area contributed by atoms with Gasteiger partial charge in [0.25, 0.3) is 0 Å². The fraction of sp³-hybridized carbons (Fsp3) is 0.269. The molecule has 178 valence electrons. The van der Waals surface area contributed by atoms with E-state index in [1.807, 2.05) is 37.3 Å². The van der Waals surface area contributed by atoms with Crippen LogP contribution in [0.1, 0.15) is 18.4 Å². The number of hydrogen-bond donors (Lipinski definition) is 1. The van der Waals surface area contributed by atoms with Crippen LogP contribution >= 0.6 is 0 Å². The predicted molar refractivity (Wildman–Crippen MR) is 131 cm³/mol. The molecule has 7 nitrogen and oxygen atoms in total. The number of para-hydroxylation sites is 1. The van der Waals surface area contributed by atoms with Crippen LogP contribution in [0.5, 0.6) is 17.2 Å². The van der Waals surface area contributed by atoms with Crippen molar-refractivity contribution < 1.29 is 22.7 Å². The lowest BCUT2D eigenvalue weighted by atomic mass is 9.99. The highest BCUT2D eigenvalue weighted by Gasteiger charge is 2.35. The Labute approximate surface area is 200 Å². The molecule has 1 aliphatic heterocycles. The molecule has 0 bridgehead atoms. The van der Waals surface area contributed by atoms with Gasteiger partial charge in [0.2, 0.25) is 15.9 Å². The third-order valence-electron chi connectivity index (χ3n) is 5.79. The van der Waals surface area contributed by atoms with E-state index in [1.165, 1.54) is 11.4 Å². The maximum atomic E-state index is 13.3. The lowest BCUT2D eigenvalue weighted by Gasteiger charge is -2.31. The van der Waals surface area contributed by atoms with Gasteiger partial charge in [-0.15, -0.1) is 0 Å². The lowest BCUT2D eigenvalue weighted by molar-refractivity contribution is -0.120. The number of carbonyl (C=O) groups excluding carboxylic acids is 1. The maximum Gasteiger partial charge on any atom is 0.246 e. The van der Waals surface area contributed by atoms with E-state index >= 15 is 0 Å². The zero-order valence-corrected chi connectivity index (χ0v) is 20.0. The summed E-state index contributed by atoms with van der Waals surface area (Å²) < 4.78 is 39.1. The average molecular weight is 481 g/mol. The Kier molecular flexibility index (Phi) is 7.19. The van der Waals surface area contributed by atoms with E-state index in [9.17, 15) is 13.2 Å². The van der Waals surface area contributed by atoms with Crippen LogP contribution < -0.4 is 14.8 Å². The summed E-state index contributed by atoms with van der Waals surface area (Å²) in [7, 11) is -2.34. The van der Waals surface area contributed by atoms with Gasteiger partial charge in [0.15, 0.2) is 0 Å². The van der Waals surface area contributed by atoms with Gasteiger partial charge in [-0.25, -0.2) is 8.42 Å². The van der Waals surface area contributed by atoms with Gasteiger partial charge in [0.05, 0.1) is 13.0 Å². The molecule has 1 amide bonds. The van der Waals surface area contributed by atoms with Crippen molar-refractivity contribution >= 4 is 21.6 Å². The lowest BCUT2D eigenvalue weighted by Crippen LogP contribution is -2.43. The third kappa shape index (κ3) is 5.40. The number of anilines is 1. The second-order valence-corrected chi connectivity index (χ2v) is 10.2. The number of carbonyl (C=O) groups is 1. The number of sulfonamides is 1. The summed E-state index contributed by atoms with van der Waals surface area (Å²) in [6.45, 7) is 2.33. The molecule has 4 rings (SSSR count). The number of benzene rings is 3. The summed E-state index contributed by atoms with van der Waals surface area (Å²) in [5, 5.41) is 2.91. The van der Waals surface area contributed by atoms with Crippen molar-refractivity contribution in [1.29, 1.82) is 0 Å². The molecule has 1 heterocycles. The number of hydrogen-bond acceptors (Lipinski definition) is 5. The first kappa shape index (κ1) is 23.8. The molecule has 1 saturated heterocycles. The smallest absolute Gasteiger partial charge is 0.246 e. The highest BCUT2D eigenvalue weighted by molar-refractivity contribution is 7.89. The molecule has 0 unspecified atom stereocenters. The number of amides is 1. The molecule has 0 saturated carbocycles. The number of nitrogens with zero attached hydrogens (tertiary/aromatic N) is 1. The molecule has 1 fully saturated rings. The Bertz CT molecular complexity index is 1240. The van der Waals surface area contributed by atoms with Crippen molar-refractivity contribution in [3.63, 3.8) is 0 Å². The van der Waals surface area contributed by atoms with Gasteiger partial charge in [0, 0.05) is 18.8 Å². The molecular weight excluding hydrogens is 452 g/mol. The van der Waals surface area contributed by atoms with Crippen molar-refractivity contribution in [1.82, 2.24) is 4.31 Å². The normalized spacial score (nSPS) is 16.6. The first-order valence-corrected chi connectivity index (χ1v) is 12.6. The van der Waals surface area contributed by atoms with Gasteiger partial charge in [-0.1, -0.05) is 24.3 Å². The quantitative estimate of drug-likeness (QED) is 0.523. The highest BCUT2D eigenvalue weighted by Crippen LogP contribution is 2.31. The second-order valence-electron chi connectivity index (χ2n) is 8.29. The number of methoxy groups -OCH3 is 1. The van der Waals surface area contributed by atoms with E-state index < -0.39 is 15.9 Å². The number of piperidine rings is 1. The predicted octanol–water partition coefficient (Wildman–Crippen LogP) is 4.84. The molecule has 8 heteroatoms. The van der Waals surface area contributed by atoms with E-state index in [1.54, 1.807) is 42.5 Å². The molecule has 0 aromatic heterocycles. The molecule has 3 aromatic carbocycles. The van der Waals surface area contributed by atoms with Crippen molar-refractivity contribution in [2.75, 3.05) is 25.5 Å². The van der Waals surface area contributed by atoms with Gasteiger partial charge in [-0.2, -0.15) is 4.31 Å². The molecule has 1 N–H and O–H groups in total. The van der Waals surface area contributed by atoms with E-state index in [2.05, 4.69) is 5.32 Å². The SMILES string of the molecule is COc1ccc(C)cc1S(=O)(=O)N1CCC[C@H](C(=O)Nc2ccc(Oc3ccccc3)cc2)C1. The average Bonchev–Trinajstić information content (AvgIpc) is 2.86. The summed E-state index contributed by atoms with van der Waals surface area (Å²) in [4.78, 5) is 13.1. The van der Waals surface area contributed by atoms with E-state index in [-0.39, 0.29) is 17.3 Å². The monoisotopic (exact) mass is 480 g/mol. The molecule has 0 aliphatic carbocycles. The topological polar surface area (TPSA) is 84.9 Å². The molecular formula is C26H28N2O5S. The van der Waals surface area contributed by atoms with Gasteiger partial charge in [-0.3, -0.25) is 4.79 Å². The first-order chi connectivity index (χ1) is 16.4. The number of aryl methyl sites for hydroxylation is 1. The van der Waals surface area contributed by atoms with Gasteiger partial charge >= 0.3 is 0 Å². The van der Waals surface area contributed by atoms with Crippen LogP contribution in [0, 0.1) is 12.8 Å². The number of ether oxygens (including phenoxy) is 2. The number of nitrogens with one attached hydrogen (secondary N) is 1. The van der Waals surface area contributed by atoms with Gasteiger partial charge in [-0.05, 0) is 73.9 Å². The van der Waals surface area contributed by atoms with Crippen LogP contribution in [0.4, 0.5) is 5.69 Å². The molecule has 34 heavy (non-hydrogen) atoms.